The van der Waals surface area contributed by atoms with Crippen molar-refractivity contribution < 1.29 is 8.78 Å². The van der Waals surface area contributed by atoms with Gasteiger partial charge in [-0.05, 0) is 48.2 Å². The minimum absolute atomic E-state index is 0.0161. The first-order chi connectivity index (χ1) is 8.99. The molecule has 1 atom stereocenters. The van der Waals surface area contributed by atoms with E-state index >= 15 is 0 Å². The number of hydrogen-bond donors (Lipinski definition) is 0. The zero-order chi connectivity index (χ0) is 14.6. The quantitative estimate of drug-likeness (QED) is 0.660. The van der Waals surface area contributed by atoms with Gasteiger partial charge in [-0.15, -0.1) is 0 Å². The van der Waals surface area contributed by atoms with E-state index in [1.54, 1.807) is 0 Å². The highest BCUT2D eigenvalue weighted by atomic mass is 31.0. The van der Waals surface area contributed by atoms with E-state index < -0.39 is 11.6 Å². The highest BCUT2D eigenvalue weighted by molar-refractivity contribution is 7.27. The van der Waals surface area contributed by atoms with Crippen molar-refractivity contribution in [2.75, 3.05) is 0 Å². The molecule has 0 spiro atoms. The maximum atomic E-state index is 13.4. The number of benzene rings is 2. The third-order valence-corrected chi connectivity index (χ3v) is 3.47. The Balaban J connectivity index is 0.000000861. The molecule has 102 valence electrons. The molecule has 0 fully saturated rings. The van der Waals surface area contributed by atoms with Crippen LogP contribution in [0.5, 0.6) is 0 Å². The molecule has 0 saturated heterocycles. The molecule has 0 nitrogen and oxygen atoms in total. The molecule has 2 aromatic rings. The lowest BCUT2D eigenvalue weighted by atomic mass is 10.0. The number of hydrogen-bond acceptors (Lipinski definition) is 0. The molecule has 0 aliphatic carbocycles. The molecule has 0 N–H and O–H groups in total. The summed E-state index contributed by atoms with van der Waals surface area (Å²) >= 11 is 0. The number of aryl methyl sites for hydroxylation is 2. The smallest absolute Gasteiger partial charge is 0.133 e. The Morgan fingerprint density at radius 2 is 1.32 bits per heavy atom. The second-order valence-electron chi connectivity index (χ2n) is 4.15. The SMILES string of the molecule is CC.Cc1ccc(-c2cc(F)c(P)c(F)c2)cc1C. The Hall–Kier alpha value is -1.27. The van der Waals surface area contributed by atoms with E-state index in [1.165, 1.54) is 12.1 Å². The second-order valence-corrected chi connectivity index (χ2v) is 4.73. The van der Waals surface area contributed by atoms with Gasteiger partial charge < -0.3 is 0 Å². The molecule has 0 aliphatic rings. The van der Waals surface area contributed by atoms with Crippen molar-refractivity contribution in [3.05, 3.63) is 53.1 Å². The minimum Gasteiger partial charge on any atom is -0.206 e. The molecular weight excluding hydrogens is 261 g/mol. The van der Waals surface area contributed by atoms with Crippen LogP contribution in [0.3, 0.4) is 0 Å². The zero-order valence-electron chi connectivity index (χ0n) is 11.7. The molecule has 0 aliphatic heterocycles. The third-order valence-electron chi connectivity index (χ3n) is 2.92. The molecule has 0 aromatic heterocycles. The average molecular weight is 280 g/mol. The van der Waals surface area contributed by atoms with Gasteiger partial charge in [-0.1, -0.05) is 41.3 Å². The maximum absolute atomic E-state index is 13.4. The van der Waals surface area contributed by atoms with E-state index in [0.29, 0.717) is 5.56 Å². The van der Waals surface area contributed by atoms with Crippen LogP contribution in [-0.2, 0) is 0 Å². The summed E-state index contributed by atoms with van der Waals surface area (Å²) in [5.74, 6) is -1.08. The van der Waals surface area contributed by atoms with E-state index in [1.807, 2.05) is 45.9 Å². The predicted octanol–water partition coefficient (Wildman–Crippen LogP) is 4.78. The molecule has 19 heavy (non-hydrogen) atoms. The lowest BCUT2D eigenvalue weighted by Gasteiger charge is -2.07. The summed E-state index contributed by atoms with van der Waals surface area (Å²) in [6, 6.07) is 8.48. The van der Waals surface area contributed by atoms with Crippen LogP contribution in [0.25, 0.3) is 11.1 Å². The Bertz CT molecular complexity index is 554. The van der Waals surface area contributed by atoms with Crippen molar-refractivity contribution in [3.8, 4) is 11.1 Å². The van der Waals surface area contributed by atoms with E-state index in [-0.39, 0.29) is 5.30 Å². The standard InChI is InChI=1S/C14H13F2P.C2H6/c1-8-3-4-10(5-9(8)2)11-6-12(15)14(17)13(16)7-11;1-2/h3-7H,17H2,1-2H3;1-2H3. The van der Waals surface area contributed by atoms with Gasteiger partial charge in [-0.25, -0.2) is 8.78 Å². The van der Waals surface area contributed by atoms with Crippen molar-refractivity contribution in [3.63, 3.8) is 0 Å². The molecule has 0 radical (unpaired) electrons. The Morgan fingerprint density at radius 1 is 0.789 bits per heavy atom. The van der Waals surface area contributed by atoms with Crippen molar-refractivity contribution in [1.29, 1.82) is 0 Å². The Morgan fingerprint density at radius 3 is 1.79 bits per heavy atom. The van der Waals surface area contributed by atoms with Gasteiger partial charge >= 0.3 is 0 Å². The van der Waals surface area contributed by atoms with E-state index in [0.717, 1.165) is 16.7 Å². The summed E-state index contributed by atoms with van der Waals surface area (Å²) in [5, 5.41) is -0.0161. The normalized spacial score (nSPS) is 9.84. The summed E-state index contributed by atoms with van der Waals surface area (Å²) in [6.45, 7) is 7.99. The summed E-state index contributed by atoms with van der Waals surface area (Å²) in [5.41, 5.74) is 3.67. The van der Waals surface area contributed by atoms with Gasteiger partial charge in [-0.3, -0.25) is 0 Å². The van der Waals surface area contributed by atoms with Gasteiger partial charge in [0, 0.05) is 5.30 Å². The molecule has 0 bridgehead atoms. The molecule has 0 saturated carbocycles. The maximum Gasteiger partial charge on any atom is 0.133 e. The molecular formula is C16H19F2P. The van der Waals surface area contributed by atoms with Crippen LogP contribution in [-0.4, -0.2) is 0 Å². The van der Waals surface area contributed by atoms with Crippen LogP contribution in [0, 0.1) is 25.5 Å². The second kappa shape index (κ2) is 6.77. The highest BCUT2D eigenvalue weighted by Gasteiger charge is 2.08. The van der Waals surface area contributed by atoms with E-state index in [2.05, 4.69) is 9.24 Å². The first-order valence-corrected chi connectivity index (χ1v) is 6.89. The topological polar surface area (TPSA) is 0 Å². The Kier molecular flexibility index (Phi) is 5.62. The van der Waals surface area contributed by atoms with E-state index in [4.69, 9.17) is 0 Å². The van der Waals surface area contributed by atoms with Crippen LogP contribution in [0.2, 0.25) is 0 Å². The fourth-order valence-electron chi connectivity index (χ4n) is 1.67. The summed E-state index contributed by atoms with van der Waals surface area (Å²) in [4.78, 5) is 0. The molecule has 0 heterocycles. The minimum atomic E-state index is -0.539. The molecule has 3 heteroatoms. The lowest BCUT2D eigenvalue weighted by molar-refractivity contribution is 0.599. The van der Waals surface area contributed by atoms with Crippen LogP contribution in [0.1, 0.15) is 25.0 Å². The van der Waals surface area contributed by atoms with Crippen molar-refractivity contribution in [2.45, 2.75) is 27.7 Å². The van der Waals surface area contributed by atoms with Crippen LogP contribution in [0.4, 0.5) is 8.78 Å². The fraction of sp³-hybridized carbons (Fsp3) is 0.250. The highest BCUT2D eigenvalue weighted by Crippen LogP contribution is 2.23. The van der Waals surface area contributed by atoms with Gasteiger partial charge in [0.05, 0.1) is 0 Å². The first kappa shape index (κ1) is 15.8. The molecule has 2 aromatic carbocycles. The first-order valence-electron chi connectivity index (χ1n) is 6.31. The molecule has 1 unspecified atom stereocenters. The van der Waals surface area contributed by atoms with Crippen molar-refractivity contribution in [1.82, 2.24) is 0 Å². The van der Waals surface area contributed by atoms with Gasteiger partial charge in [0.15, 0.2) is 0 Å². The van der Waals surface area contributed by atoms with Gasteiger partial charge in [0.25, 0.3) is 0 Å². The Labute approximate surface area is 116 Å². The largest absolute Gasteiger partial charge is 0.206 e. The van der Waals surface area contributed by atoms with Crippen LogP contribution < -0.4 is 5.30 Å². The zero-order valence-corrected chi connectivity index (χ0v) is 12.9. The summed E-state index contributed by atoms with van der Waals surface area (Å²) in [6.07, 6.45) is 0. The lowest BCUT2D eigenvalue weighted by Crippen LogP contribution is -2.04. The molecule has 2 rings (SSSR count). The fourth-order valence-corrected chi connectivity index (χ4v) is 1.84. The van der Waals surface area contributed by atoms with Crippen LogP contribution >= 0.6 is 9.24 Å². The number of rotatable bonds is 1. The summed E-state index contributed by atoms with van der Waals surface area (Å²) in [7, 11) is 2.07. The monoisotopic (exact) mass is 280 g/mol. The van der Waals surface area contributed by atoms with Gasteiger partial charge in [0.1, 0.15) is 11.6 Å². The van der Waals surface area contributed by atoms with Crippen LogP contribution in [0.15, 0.2) is 30.3 Å². The van der Waals surface area contributed by atoms with Crippen molar-refractivity contribution >= 4 is 14.5 Å². The predicted molar refractivity (Wildman–Crippen MR) is 82.0 cm³/mol. The van der Waals surface area contributed by atoms with Gasteiger partial charge in [0.2, 0.25) is 0 Å². The average Bonchev–Trinajstić information content (AvgIpc) is 2.41. The number of halogens is 2. The van der Waals surface area contributed by atoms with Gasteiger partial charge in [-0.2, -0.15) is 0 Å². The summed E-state index contributed by atoms with van der Waals surface area (Å²) < 4.78 is 26.9. The molecule has 0 amide bonds. The van der Waals surface area contributed by atoms with Crippen molar-refractivity contribution in [2.24, 2.45) is 0 Å². The van der Waals surface area contributed by atoms with E-state index in [9.17, 15) is 8.78 Å². The third kappa shape index (κ3) is 3.61.